The molecule has 3 fully saturated rings. The van der Waals surface area contributed by atoms with Crippen molar-refractivity contribution in [1.82, 2.24) is 9.80 Å². The molecule has 1 spiro atoms. The number of esters is 1. The number of piperidine rings is 1. The summed E-state index contributed by atoms with van der Waals surface area (Å²) in [6, 6.07) is 16.6. The molecule has 1 amide bonds. The zero-order valence-electron chi connectivity index (χ0n) is 22.1. The van der Waals surface area contributed by atoms with E-state index >= 15 is 0 Å². The van der Waals surface area contributed by atoms with E-state index in [1.54, 1.807) is 0 Å². The van der Waals surface area contributed by atoms with Gasteiger partial charge in [0.2, 0.25) is 0 Å². The average molecular weight is 511 g/mol. The van der Waals surface area contributed by atoms with Gasteiger partial charge >= 0.3 is 5.97 Å². The fourth-order valence-corrected chi connectivity index (χ4v) is 8.15. The first kappa shape index (κ1) is 23.8. The van der Waals surface area contributed by atoms with Crippen LogP contribution in [0, 0.1) is 23.7 Å². The molecular weight excluding hydrogens is 476 g/mol. The fraction of sp³-hybridized carbons (Fsp3) is 0.500. The zero-order valence-corrected chi connectivity index (χ0v) is 22.1. The SMILES string of the molecule is CC(=O)OC1CC1CN1CC[C@]23c4c5cccc4O[C@H]2[C@@H](N(C)C(=O)C#Cc2ccccc2)CC[C@H]3[C@H]1C5. The highest BCUT2D eigenvalue weighted by molar-refractivity contribution is 5.94. The van der Waals surface area contributed by atoms with Crippen LogP contribution >= 0.6 is 0 Å². The van der Waals surface area contributed by atoms with Crippen LogP contribution < -0.4 is 4.74 Å². The van der Waals surface area contributed by atoms with E-state index in [1.807, 2.05) is 42.3 Å². The first-order chi connectivity index (χ1) is 18.5. The lowest BCUT2D eigenvalue weighted by Gasteiger charge is -2.60. The number of carbonyl (C=O) groups excluding carboxylic acids is 2. The summed E-state index contributed by atoms with van der Waals surface area (Å²) in [7, 11) is 1.90. The molecule has 2 heterocycles. The van der Waals surface area contributed by atoms with Gasteiger partial charge in [0.15, 0.2) is 0 Å². The molecule has 2 aromatic rings. The molecule has 6 heteroatoms. The third-order valence-corrected chi connectivity index (χ3v) is 9.85. The van der Waals surface area contributed by atoms with E-state index in [-0.39, 0.29) is 35.5 Å². The van der Waals surface area contributed by atoms with Crippen molar-refractivity contribution in [3.8, 4) is 17.6 Å². The lowest BCUT2D eigenvalue weighted by Crippen LogP contribution is -2.69. The van der Waals surface area contributed by atoms with E-state index in [4.69, 9.17) is 9.47 Å². The van der Waals surface area contributed by atoms with Gasteiger partial charge in [-0.2, -0.15) is 0 Å². The van der Waals surface area contributed by atoms with E-state index in [2.05, 4.69) is 34.9 Å². The summed E-state index contributed by atoms with van der Waals surface area (Å²) >= 11 is 0. The summed E-state index contributed by atoms with van der Waals surface area (Å²) in [5.74, 6) is 7.55. The van der Waals surface area contributed by atoms with Crippen LogP contribution in [0.2, 0.25) is 0 Å². The molecule has 7 atom stereocenters. The maximum Gasteiger partial charge on any atom is 0.302 e. The van der Waals surface area contributed by atoms with E-state index in [0.717, 1.165) is 56.5 Å². The Bertz CT molecular complexity index is 1350. The highest BCUT2D eigenvalue weighted by Gasteiger charge is 2.66. The predicted molar refractivity (Wildman–Crippen MR) is 142 cm³/mol. The Kier molecular flexibility index (Phi) is 5.56. The van der Waals surface area contributed by atoms with Gasteiger partial charge in [0.05, 0.1) is 6.04 Å². The molecule has 2 aromatic carbocycles. The first-order valence-corrected chi connectivity index (χ1v) is 14.0. The Morgan fingerprint density at radius 2 is 2.00 bits per heavy atom. The quantitative estimate of drug-likeness (QED) is 0.465. The normalized spacial score (nSPS) is 33.7. The van der Waals surface area contributed by atoms with Gasteiger partial charge in [0.25, 0.3) is 5.91 Å². The molecule has 0 aromatic heterocycles. The molecule has 2 unspecified atom stereocenters. The van der Waals surface area contributed by atoms with Gasteiger partial charge < -0.3 is 14.4 Å². The number of likely N-dealkylation sites (N-methyl/N-ethyl adjacent to an activating group) is 1. The average Bonchev–Trinajstić information content (AvgIpc) is 3.54. The maximum atomic E-state index is 13.3. The smallest absolute Gasteiger partial charge is 0.302 e. The van der Waals surface area contributed by atoms with Gasteiger partial charge in [0, 0.05) is 54.9 Å². The lowest BCUT2D eigenvalue weighted by atomic mass is 9.51. The molecule has 0 N–H and O–H groups in total. The van der Waals surface area contributed by atoms with Crippen molar-refractivity contribution in [1.29, 1.82) is 0 Å². The molecule has 2 aliphatic heterocycles. The van der Waals surface area contributed by atoms with E-state index in [1.165, 1.54) is 18.1 Å². The second-order valence-corrected chi connectivity index (χ2v) is 11.8. The summed E-state index contributed by atoms with van der Waals surface area (Å²) in [6.07, 6.45) is 5.07. The Morgan fingerprint density at radius 3 is 2.82 bits per heavy atom. The molecule has 5 aliphatic rings. The Morgan fingerprint density at radius 1 is 1.16 bits per heavy atom. The highest BCUT2D eigenvalue weighted by Crippen LogP contribution is 2.62. The van der Waals surface area contributed by atoms with E-state index in [0.29, 0.717) is 17.9 Å². The highest BCUT2D eigenvalue weighted by atomic mass is 16.5. The van der Waals surface area contributed by atoms with Crippen molar-refractivity contribution in [2.75, 3.05) is 20.1 Å². The largest absolute Gasteiger partial charge is 0.487 e. The number of rotatable bonds is 4. The summed E-state index contributed by atoms with van der Waals surface area (Å²) in [6.45, 7) is 3.51. The van der Waals surface area contributed by atoms with Gasteiger partial charge in [-0.1, -0.05) is 36.3 Å². The molecule has 2 saturated carbocycles. The minimum absolute atomic E-state index is 0.00819. The molecule has 7 rings (SSSR count). The number of hydrogen-bond acceptors (Lipinski definition) is 5. The van der Waals surface area contributed by atoms with Gasteiger partial charge in [-0.15, -0.1) is 0 Å². The third-order valence-electron chi connectivity index (χ3n) is 9.85. The minimum Gasteiger partial charge on any atom is -0.487 e. The third kappa shape index (κ3) is 3.66. The van der Waals surface area contributed by atoms with Crippen molar-refractivity contribution in [3.05, 3.63) is 65.2 Å². The molecule has 0 radical (unpaired) electrons. The first-order valence-electron chi connectivity index (χ1n) is 14.0. The van der Waals surface area contributed by atoms with Gasteiger partial charge in [-0.25, -0.2) is 0 Å². The minimum atomic E-state index is -0.175. The van der Waals surface area contributed by atoms with Crippen molar-refractivity contribution in [2.24, 2.45) is 11.8 Å². The lowest BCUT2D eigenvalue weighted by molar-refractivity contribution is -0.142. The Balaban J connectivity index is 1.16. The summed E-state index contributed by atoms with van der Waals surface area (Å²) in [5.41, 5.74) is 3.60. The Labute approximate surface area is 224 Å². The number of amides is 1. The maximum absolute atomic E-state index is 13.3. The second-order valence-electron chi connectivity index (χ2n) is 11.8. The van der Waals surface area contributed by atoms with Crippen LogP contribution in [0.5, 0.6) is 5.75 Å². The van der Waals surface area contributed by atoms with Crippen molar-refractivity contribution in [2.45, 2.75) is 68.7 Å². The summed E-state index contributed by atoms with van der Waals surface area (Å²) in [5, 5.41) is 0. The van der Waals surface area contributed by atoms with Crippen LogP contribution in [0.4, 0.5) is 0 Å². The standard InChI is InChI=1S/C32H34N2O4/c1-20(35)37-28-18-23(28)19-34-16-15-32-24-12-13-25(33(2)29(36)14-11-21-7-4-3-5-8-21)31(32)38-27-10-6-9-22(30(27)32)17-26(24)34/h3-10,23-26,28,31H,12-13,15-19H2,1-2H3/t23?,24-,25-,26+,28?,31-,32-/m0/s1. The molecule has 3 aliphatic carbocycles. The van der Waals surface area contributed by atoms with Crippen LogP contribution in [-0.2, 0) is 26.2 Å². The van der Waals surface area contributed by atoms with Crippen LogP contribution in [0.3, 0.4) is 0 Å². The van der Waals surface area contributed by atoms with Gasteiger partial charge in [-0.3, -0.25) is 14.5 Å². The summed E-state index contributed by atoms with van der Waals surface area (Å²) in [4.78, 5) is 29.2. The van der Waals surface area contributed by atoms with Crippen molar-refractivity contribution >= 4 is 11.9 Å². The molecule has 38 heavy (non-hydrogen) atoms. The number of nitrogens with zero attached hydrogens (tertiary/aromatic N) is 2. The van der Waals surface area contributed by atoms with Crippen LogP contribution in [0.15, 0.2) is 48.5 Å². The van der Waals surface area contributed by atoms with Crippen LogP contribution in [-0.4, -0.2) is 66.1 Å². The summed E-state index contributed by atoms with van der Waals surface area (Å²) < 4.78 is 12.3. The van der Waals surface area contributed by atoms with Crippen molar-refractivity contribution in [3.63, 3.8) is 0 Å². The molecular formula is C32H34N2O4. The monoisotopic (exact) mass is 510 g/mol. The number of likely N-dealkylation sites (tertiary alicyclic amines) is 1. The van der Waals surface area contributed by atoms with Gasteiger partial charge in [0.1, 0.15) is 18.0 Å². The second kappa shape index (κ2) is 8.88. The Hall–Kier alpha value is -3.30. The van der Waals surface area contributed by atoms with E-state index in [9.17, 15) is 9.59 Å². The molecule has 196 valence electrons. The number of ether oxygens (including phenoxy) is 2. The van der Waals surface area contributed by atoms with Crippen molar-refractivity contribution < 1.29 is 19.1 Å². The molecule has 1 saturated heterocycles. The molecule has 2 bridgehead atoms. The molecule has 6 nitrogen and oxygen atoms in total. The zero-order chi connectivity index (χ0) is 26.0. The van der Waals surface area contributed by atoms with Gasteiger partial charge in [-0.05, 0) is 68.3 Å². The number of hydrogen-bond donors (Lipinski definition) is 0. The fourth-order valence-electron chi connectivity index (χ4n) is 8.15. The van der Waals surface area contributed by atoms with E-state index < -0.39 is 0 Å². The van der Waals surface area contributed by atoms with Crippen LogP contribution in [0.1, 0.15) is 49.3 Å². The predicted octanol–water partition coefficient (Wildman–Crippen LogP) is 3.56. The number of benzene rings is 2. The number of carbonyl (C=O) groups is 2. The topological polar surface area (TPSA) is 59.1 Å². The van der Waals surface area contributed by atoms with Crippen LogP contribution in [0.25, 0.3) is 0 Å².